The molecular formula is C20H23N9O11P2S2. The minimum absolute atomic E-state index is 0.00401. The standard InChI is InChI=1S/C20H23N9O11P2S2/c21-20-26-15-11(17(32)27-20)25-6-29(15)18-8-1-7(37-18)2-35-42(34,44)40-13-9(3-36-41(33,43)39-8)38-19(12(13)30)28-5-24-10-14(28)22-4-23-16(10)31/h4-9,12-13,18-19,30H,1-3H2,(H,33,43)(H,34,44)(H,22,23,31)(H3,21,26,27,32)/t7-,8+,9+,12+,13+,18+,19+,41?,42?/m0/s1. The number of hydrogen-bond donors (Lipinski definition) is 6. The van der Waals surface area contributed by atoms with Crippen molar-refractivity contribution in [3.05, 3.63) is 39.7 Å². The van der Waals surface area contributed by atoms with Gasteiger partial charge in [-0.15, -0.1) is 0 Å². The zero-order valence-corrected chi connectivity index (χ0v) is 25.4. The lowest BCUT2D eigenvalue weighted by atomic mass is 10.1. The van der Waals surface area contributed by atoms with Crippen LogP contribution in [0.1, 0.15) is 18.9 Å². The molecule has 0 aliphatic carbocycles. The number of aliphatic hydroxyl groups is 1. The van der Waals surface area contributed by atoms with Gasteiger partial charge >= 0.3 is 13.4 Å². The number of imidazole rings is 2. The molecule has 2 unspecified atom stereocenters. The van der Waals surface area contributed by atoms with Crippen LogP contribution in [0, 0.1) is 0 Å². The van der Waals surface area contributed by atoms with Gasteiger partial charge < -0.3 is 48.7 Å². The molecule has 3 aliphatic heterocycles. The number of anilines is 1. The third kappa shape index (κ3) is 5.45. The Morgan fingerprint density at radius 3 is 2.36 bits per heavy atom. The summed E-state index contributed by atoms with van der Waals surface area (Å²) in [7, 11) is 0. The minimum Gasteiger partial charge on any atom is -0.386 e. The lowest BCUT2D eigenvalue weighted by Gasteiger charge is -2.28. The highest BCUT2D eigenvalue weighted by Crippen LogP contribution is 2.54. The average molecular weight is 692 g/mol. The highest BCUT2D eigenvalue weighted by atomic mass is 32.5. The Bertz CT molecular complexity index is 1970. The molecule has 3 fully saturated rings. The van der Waals surface area contributed by atoms with Gasteiger partial charge in [0.1, 0.15) is 24.4 Å². The largest absolute Gasteiger partial charge is 0.386 e. The van der Waals surface area contributed by atoms with Crippen LogP contribution in [0.15, 0.2) is 28.6 Å². The van der Waals surface area contributed by atoms with E-state index in [9.17, 15) is 24.5 Å². The molecule has 0 spiro atoms. The minimum atomic E-state index is -4.07. The van der Waals surface area contributed by atoms with Crippen molar-refractivity contribution >= 4 is 65.3 Å². The van der Waals surface area contributed by atoms with Crippen molar-refractivity contribution in [2.75, 3.05) is 18.9 Å². The molecule has 0 aromatic carbocycles. The van der Waals surface area contributed by atoms with Gasteiger partial charge in [0.25, 0.3) is 11.1 Å². The first-order valence-electron chi connectivity index (χ1n) is 12.8. The van der Waals surface area contributed by atoms with Gasteiger partial charge in [-0.05, 0) is 23.6 Å². The van der Waals surface area contributed by atoms with Crippen LogP contribution in [-0.4, -0.2) is 97.7 Å². The molecule has 9 atom stereocenters. The van der Waals surface area contributed by atoms with Crippen molar-refractivity contribution in [2.45, 2.75) is 49.4 Å². The molecular weight excluding hydrogens is 668 g/mol. The van der Waals surface area contributed by atoms with Crippen LogP contribution in [0.25, 0.3) is 22.3 Å². The Labute approximate surface area is 254 Å². The first-order valence-corrected chi connectivity index (χ1v) is 18.0. The van der Waals surface area contributed by atoms with Gasteiger partial charge in [0.15, 0.2) is 34.8 Å². The summed E-state index contributed by atoms with van der Waals surface area (Å²) in [6.07, 6.45) is -4.26. The lowest BCUT2D eigenvalue weighted by molar-refractivity contribution is -0.0603. The van der Waals surface area contributed by atoms with Crippen molar-refractivity contribution in [3.8, 4) is 0 Å². The predicted molar refractivity (Wildman–Crippen MR) is 154 cm³/mol. The molecule has 3 saturated heterocycles. The Hall–Kier alpha value is -2.56. The summed E-state index contributed by atoms with van der Waals surface area (Å²) in [6.45, 7) is -8.89. The molecule has 0 saturated carbocycles. The SMILES string of the molecule is Nc1nc2c(ncn2[C@@H]2O[C@@H]3COP(O)(=S)O[C@H]4[C@@H](O)[C@H](n5cnc6c(=O)[nH]cnc65)O[C@@H]4COP(O)(=S)O[C@@H]2C3)c(=O)[nH]1. The number of nitrogens with zero attached hydrogens (tertiary/aromatic N) is 6. The van der Waals surface area contributed by atoms with Gasteiger partial charge in [-0.2, -0.15) is 4.98 Å². The van der Waals surface area contributed by atoms with Gasteiger partial charge in [0.2, 0.25) is 5.95 Å². The lowest BCUT2D eigenvalue weighted by Crippen LogP contribution is -2.36. The fourth-order valence-electron chi connectivity index (χ4n) is 5.29. The third-order valence-corrected chi connectivity index (χ3v) is 10.3. The van der Waals surface area contributed by atoms with Crippen molar-refractivity contribution in [2.24, 2.45) is 0 Å². The number of H-pyrrole nitrogens is 2. The Morgan fingerprint density at radius 2 is 1.59 bits per heavy atom. The molecule has 7 rings (SSSR count). The zero-order valence-electron chi connectivity index (χ0n) is 22.0. The van der Waals surface area contributed by atoms with E-state index in [0.717, 1.165) is 6.33 Å². The topological polar surface area (TPSA) is 269 Å². The number of rotatable bonds is 2. The van der Waals surface area contributed by atoms with Crippen molar-refractivity contribution in [1.29, 1.82) is 0 Å². The summed E-state index contributed by atoms with van der Waals surface area (Å²) in [5.41, 5.74) is 4.81. The van der Waals surface area contributed by atoms with Crippen molar-refractivity contribution < 1.29 is 42.5 Å². The molecule has 0 radical (unpaired) electrons. The predicted octanol–water partition coefficient (Wildman–Crippen LogP) is -1.37. The summed E-state index contributed by atoms with van der Waals surface area (Å²) in [5.74, 6) is -0.159. The van der Waals surface area contributed by atoms with E-state index < -0.39 is 74.1 Å². The Balaban J connectivity index is 1.19. The molecule has 4 aromatic heterocycles. The number of hydrogen-bond acceptors (Lipinski definition) is 16. The van der Waals surface area contributed by atoms with Gasteiger partial charge in [-0.3, -0.25) is 28.2 Å². The molecule has 3 aliphatic rings. The van der Waals surface area contributed by atoms with Crippen LogP contribution in [0.3, 0.4) is 0 Å². The number of aromatic nitrogens is 8. The maximum Gasteiger partial charge on any atom is 0.325 e. The number of nitrogens with one attached hydrogen (secondary N) is 2. The van der Waals surface area contributed by atoms with E-state index in [2.05, 4.69) is 29.9 Å². The van der Waals surface area contributed by atoms with E-state index >= 15 is 0 Å². The molecule has 2 bridgehead atoms. The van der Waals surface area contributed by atoms with Crippen LogP contribution < -0.4 is 16.9 Å². The van der Waals surface area contributed by atoms with Crippen LogP contribution in [0.2, 0.25) is 0 Å². The van der Waals surface area contributed by atoms with E-state index in [1.165, 1.54) is 21.8 Å². The van der Waals surface area contributed by atoms with Crippen molar-refractivity contribution in [3.63, 3.8) is 0 Å². The second kappa shape index (κ2) is 11.1. The van der Waals surface area contributed by atoms with Crippen molar-refractivity contribution in [1.82, 2.24) is 39.0 Å². The average Bonchev–Trinajstić information content (AvgIpc) is 3.72. The van der Waals surface area contributed by atoms with Gasteiger partial charge in [0.05, 0.1) is 38.3 Å². The third-order valence-electron chi connectivity index (χ3n) is 7.17. The van der Waals surface area contributed by atoms with E-state index in [-0.39, 0.29) is 41.3 Å². The first-order chi connectivity index (χ1) is 20.9. The Kier molecular flexibility index (Phi) is 7.56. The van der Waals surface area contributed by atoms with Gasteiger partial charge in [0, 0.05) is 6.42 Å². The summed E-state index contributed by atoms with van der Waals surface area (Å²) in [6, 6.07) is 0. The molecule has 44 heavy (non-hydrogen) atoms. The molecule has 236 valence electrons. The maximum absolute atomic E-state index is 12.3. The van der Waals surface area contributed by atoms with E-state index in [4.69, 9.17) is 56.9 Å². The smallest absolute Gasteiger partial charge is 0.325 e. The maximum atomic E-state index is 12.3. The first kappa shape index (κ1) is 30.1. The molecule has 4 aromatic rings. The van der Waals surface area contributed by atoms with Crippen LogP contribution in [0.4, 0.5) is 5.95 Å². The monoisotopic (exact) mass is 691 g/mol. The molecule has 7 heterocycles. The number of nitrogens with two attached hydrogens (primary N) is 1. The normalized spacial score (nSPS) is 36.6. The Morgan fingerprint density at radius 1 is 0.909 bits per heavy atom. The zero-order chi connectivity index (χ0) is 31.0. The molecule has 0 amide bonds. The number of fused-ring (bicyclic) bond motifs is 5. The highest BCUT2D eigenvalue weighted by molar-refractivity contribution is 8.07. The van der Waals surface area contributed by atoms with Gasteiger partial charge in [-0.25, -0.2) is 15.0 Å². The van der Waals surface area contributed by atoms with Crippen LogP contribution in [-0.2, 0) is 51.2 Å². The summed E-state index contributed by atoms with van der Waals surface area (Å²) in [4.78, 5) is 67.6. The molecule has 7 N–H and O–H groups in total. The number of ether oxygens (including phenoxy) is 2. The van der Waals surface area contributed by atoms with E-state index in [1.54, 1.807) is 0 Å². The van der Waals surface area contributed by atoms with Gasteiger partial charge in [-0.1, -0.05) is 0 Å². The van der Waals surface area contributed by atoms with Crippen LogP contribution >= 0.6 is 13.4 Å². The summed E-state index contributed by atoms with van der Waals surface area (Å²) >= 11 is 10.5. The van der Waals surface area contributed by atoms with E-state index in [1.807, 2.05) is 0 Å². The summed E-state index contributed by atoms with van der Waals surface area (Å²) < 4.78 is 37.6. The second-order valence-corrected chi connectivity index (χ2v) is 15.6. The second-order valence-electron chi connectivity index (χ2n) is 10.0. The fourth-order valence-corrected chi connectivity index (χ4v) is 8.19. The molecule has 24 heteroatoms. The number of aliphatic hydroxyl groups excluding tert-OH is 1. The quantitative estimate of drug-likeness (QED) is 0.132. The number of aromatic amines is 2. The molecule has 20 nitrogen and oxygen atoms in total. The van der Waals surface area contributed by atoms with E-state index in [0.29, 0.717) is 0 Å². The highest BCUT2D eigenvalue weighted by Gasteiger charge is 2.50. The van der Waals surface area contributed by atoms with Crippen LogP contribution in [0.5, 0.6) is 0 Å². The number of nitrogen functional groups attached to an aromatic ring is 1. The fraction of sp³-hybridized carbons (Fsp3) is 0.500. The summed E-state index contributed by atoms with van der Waals surface area (Å²) in [5, 5.41) is 11.2.